The molecule has 1 saturated heterocycles. The lowest BCUT2D eigenvalue weighted by Gasteiger charge is -2.15. The van der Waals surface area contributed by atoms with Crippen LogP contribution in [-0.2, 0) is 16.1 Å². The number of benzene rings is 1. The van der Waals surface area contributed by atoms with E-state index in [-0.39, 0.29) is 18.0 Å². The Balaban J connectivity index is 1.68. The minimum Gasteiger partial charge on any atom is -0.382 e. The molecule has 4 rings (SSSR count). The van der Waals surface area contributed by atoms with Crippen LogP contribution in [-0.4, -0.2) is 44.3 Å². The fraction of sp³-hybridized carbons (Fsp3) is 0.280. The Morgan fingerprint density at radius 1 is 1.23 bits per heavy atom. The quantitative estimate of drug-likeness (QED) is 0.240. The van der Waals surface area contributed by atoms with Gasteiger partial charge in [0.2, 0.25) is 0 Å². The third-order valence-corrected chi connectivity index (χ3v) is 7.15. The Morgan fingerprint density at radius 2 is 2.03 bits per heavy atom. The first-order chi connectivity index (χ1) is 16.9. The van der Waals surface area contributed by atoms with E-state index in [1.807, 2.05) is 38.1 Å². The van der Waals surface area contributed by atoms with Gasteiger partial charge in [0.25, 0.3) is 11.5 Å². The summed E-state index contributed by atoms with van der Waals surface area (Å²) in [5, 5.41) is 3.81. The van der Waals surface area contributed by atoms with Crippen LogP contribution in [0.5, 0.6) is 0 Å². The first-order valence-corrected chi connectivity index (χ1v) is 12.8. The molecule has 1 aromatic carbocycles. The van der Waals surface area contributed by atoms with Crippen molar-refractivity contribution in [3.63, 3.8) is 0 Å². The van der Waals surface area contributed by atoms with Crippen LogP contribution in [0.15, 0.2) is 52.3 Å². The molecular weight excluding hydrogens is 504 g/mol. The Kier molecular flexibility index (Phi) is 8.22. The lowest BCUT2D eigenvalue weighted by Crippen LogP contribution is -2.27. The summed E-state index contributed by atoms with van der Waals surface area (Å²) >= 11 is 12.9. The molecule has 3 heterocycles. The summed E-state index contributed by atoms with van der Waals surface area (Å²) in [7, 11) is 0. The summed E-state index contributed by atoms with van der Waals surface area (Å²) in [5.41, 5.74) is 2.29. The second-order valence-electron chi connectivity index (χ2n) is 7.95. The number of anilines is 1. The van der Waals surface area contributed by atoms with Gasteiger partial charge >= 0.3 is 0 Å². The van der Waals surface area contributed by atoms with Crippen LogP contribution in [0.25, 0.3) is 11.7 Å². The number of ether oxygens (including phenoxy) is 1. The summed E-state index contributed by atoms with van der Waals surface area (Å²) in [4.78, 5) is 33.2. The van der Waals surface area contributed by atoms with Gasteiger partial charge in [0, 0.05) is 31.0 Å². The smallest absolute Gasteiger partial charge is 0.267 e. The molecule has 10 heteroatoms. The van der Waals surface area contributed by atoms with Gasteiger partial charge in [0.05, 0.1) is 17.0 Å². The molecule has 2 aromatic heterocycles. The predicted octanol–water partition coefficient (Wildman–Crippen LogP) is 4.90. The number of carbonyl (C=O) groups is 1. The Hall–Kier alpha value is -2.72. The Labute approximate surface area is 218 Å². The highest BCUT2D eigenvalue weighted by Gasteiger charge is 2.33. The summed E-state index contributed by atoms with van der Waals surface area (Å²) in [6.07, 6.45) is 4.08. The van der Waals surface area contributed by atoms with Crippen LogP contribution in [0.1, 0.15) is 30.0 Å². The van der Waals surface area contributed by atoms with E-state index in [1.54, 1.807) is 24.4 Å². The van der Waals surface area contributed by atoms with E-state index in [9.17, 15) is 9.59 Å². The number of amides is 1. The first-order valence-electron chi connectivity index (χ1n) is 11.2. The SMILES string of the molecule is CCOCCCNc1nc2ccc(C)cn2c(=O)c1/C=C1/SC(=S)N(Cc2ccccc2Cl)C1=O. The summed E-state index contributed by atoms with van der Waals surface area (Å²) in [6.45, 7) is 5.94. The van der Waals surface area contributed by atoms with Crippen LogP contribution in [0.4, 0.5) is 5.82 Å². The summed E-state index contributed by atoms with van der Waals surface area (Å²) < 4.78 is 7.31. The molecule has 0 unspecified atom stereocenters. The molecule has 3 aromatic rings. The maximum Gasteiger partial charge on any atom is 0.267 e. The molecular formula is C25H25ClN4O3S2. The van der Waals surface area contributed by atoms with Crippen molar-refractivity contribution < 1.29 is 9.53 Å². The maximum atomic E-state index is 13.5. The maximum absolute atomic E-state index is 13.5. The van der Waals surface area contributed by atoms with Gasteiger partial charge in [-0.15, -0.1) is 0 Å². The molecule has 35 heavy (non-hydrogen) atoms. The van der Waals surface area contributed by atoms with Gasteiger partial charge in [-0.1, -0.05) is 59.8 Å². The van der Waals surface area contributed by atoms with Gasteiger partial charge in [-0.2, -0.15) is 0 Å². The summed E-state index contributed by atoms with van der Waals surface area (Å²) in [5.74, 6) is 0.155. The molecule has 1 aliphatic rings. The molecule has 0 radical (unpaired) electrons. The molecule has 0 saturated carbocycles. The topological polar surface area (TPSA) is 75.9 Å². The van der Waals surface area contributed by atoms with Gasteiger partial charge in [-0.05, 0) is 49.6 Å². The van der Waals surface area contributed by atoms with Gasteiger partial charge in [-0.3, -0.25) is 18.9 Å². The minimum atomic E-state index is -0.268. The largest absolute Gasteiger partial charge is 0.382 e. The molecule has 0 aliphatic carbocycles. The lowest BCUT2D eigenvalue weighted by atomic mass is 10.2. The van der Waals surface area contributed by atoms with E-state index in [2.05, 4.69) is 10.3 Å². The zero-order valence-corrected chi connectivity index (χ0v) is 21.8. The monoisotopic (exact) mass is 528 g/mol. The number of hydrogen-bond donors (Lipinski definition) is 1. The standard InChI is InChI=1S/C25H25ClN4O3S2/c1-3-33-12-6-11-27-22-18(23(31)29-14-16(2)9-10-21(29)28-22)13-20-24(32)30(25(34)35-20)15-17-7-4-5-8-19(17)26/h4-5,7-10,13-14,27H,3,6,11-12,15H2,1-2H3/b20-13+. The normalized spacial score (nSPS) is 14.9. The number of halogens is 1. The number of hydrogen-bond acceptors (Lipinski definition) is 7. The van der Waals surface area contributed by atoms with E-state index in [1.165, 1.54) is 9.30 Å². The molecule has 0 atom stereocenters. The molecule has 1 fully saturated rings. The molecule has 0 spiro atoms. The number of fused-ring (bicyclic) bond motifs is 1. The van der Waals surface area contributed by atoms with Crippen LogP contribution in [0.2, 0.25) is 5.02 Å². The Bertz CT molecular complexity index is 1370. The van der Waals surface area contributed by atoms with Crippen LogP contribution in [0.3, 0.4) is 0 Å². The minimum absolute atomic E-state index is 0.262. The first kappa shape index (κ1) is 25.4. The van der Waals surface area contributed by atoms with Crippen molar-refractivity contribution in [3.05, 3.63) is 79.6 Å². The van der Waals surface area contributed by atoms with Gasteiger partial charge in [-0.25, -0.2) is 4.98 Å². The van der Waals surface area contributed by atoms with E-state index >= 15 is 0 Å². The lowest BCUT2D eigenvalue weighted by molar-refractivity contribution is -0.122. The third-order valence-electron chi connectivity index (χ3n) is 5.40. The van der Waals surface area contributed by atoms with E-state index in [0.717, 1.165) is 29.3 Å². The number of thiocarbonyl (C=S) groups is 1. The highest BCUT2D eigenvalue weighted by atomic mass is 35.5. The molecule has 0 bridgehead atoms. The van der Waals surface area contributed by atoms with E-state index in [0.29, 0.717) is 51.0 Å². The molecule has 182 valence electrons. The number of thioether (sulfide) groups is 1. The third kappa shape index (κ3) is 5.75. The van der Waals surface area contributed by atoms with Crippen molar-refractivity contribution in [1.82, 2.24) is 14.3 Å². The number of nitrogens with one attached hydrogen (secondary N) is 1. The van der Waals surface area contributed by atoms with E-state index < -0.39 is 0 Å². The zero-order chi connectivity index (χ0) is 24.9. The van der Waals surface area contributed by atoms with Crippen LogP contribution < -0.4 is 10.9 Å². The average molecular weight is 529 g/mol. The van der Waals surface area contributed by atoms with Crippen molar-refractivity contribution in [1.29, 1.82) is 0 Å². The van der Waals surface area contributed by atoms with Crippen LogP contribution in [0, 0.1) is 6.92 Å². The number of rotatable bonds is 9. The number of aryl methyl sites for hydroxylation is 1. The van der Waals surface area contributed by atoms with Crippen molar-refractivity contribution in [3.8, 4) is 0 Å². The number of pyridine rings is 1. The van der Waals surface area contributed by atoms with Crippen molar-refractivity contribution in [2.75, 3.05) is 25.1 Å². The van der Waals surface area contributed by atoms with Crippen molar-refractivity contribution in [2.45, 2.75) is 26.8 Å². The fourth-order valence-electron chi connectivity index (χ4n) is 3.61. The number of nitrogens with zero attached hydrogens (tertiary/aromatic N) is 3. The zero-order valence-electron chi connectivity index (χ0n) is 19.4. The second-order valence-corrected chi connectivity index (χ2v) is 10.0. The highest BCUT2D eigenvalue weighted by Crippen LogP contribution is 2.34. The fourth-order valence-corrected chi connectivity index (χ4v) is 5.05. The van der Waals surface area contributed by atoms with Crippen molar-refractivity contribution >= 4 is 63.3 Å². The molecule has 7 nitrogen and oxygen atoms in total. The van der Waals surface area contributed by atoms with Crippen LogP contribution >= 0.6 is 35.6 Å². The second kappa shape index (κ2) is 11.3. The molecule has 1 N–H and O–H groups in total. The van der Waals surface area contributed by atoms with Gasteiger partial charge in [0.15, 0.2) is 0 Å². The Morgan fingerprint density at radius 3 is 2.80 bits per heavy atom. The van der Waals surface area contributed by atoms with Gasteiger partial charge in [0.1, 0.15) is 15.8 Å². The molecule has 1 aliphatic heterocycles. The highest BCUT2D eigenvalue weighted by molar-refractivity contribution is 8.26. The molecule has 1 amide bonds. The summed E-state index contributed by atoms with van der Waals surface area (Å²) in [6, 6.07) is 11.0. The van der Waals surface area contributed by atoms with Gasteiger partial charge < -0.3 is 10.1 Å². The number of aromatic nitrogens is 2. The number of carbonyl (C=O) groups excluding carboxylic acids is 1. The van der Waals surface area contributed by atoms with E-state index in [4.69, 9.17) is 28.6 Å². The van der Waals surface area contributed by atoms with Crippen molar-refractivity contribution in [2.24, 2.45) is 0 Å². The predicted molar refractivity (Wildman–Crippen MR) is 146 cm³/mol. The average Bonchev–Trinajstić information content (AvgIpc) is 3.10.